The maximum Gasteiger partial charge on any atom is 0.244 e. The van der Waals surface area contributed by atoms with Crippen LogP contribution in [0.25, 0.3) is 0 Å². The van der Waals surface area contributed by atoms with E-state index >= 15 is 0 Å². The van der Waals surface area contributed by atoms with Crippen LogP contribution in [0.1, 0.15) is 24.2 Å². The van der Waals surface area contributed by atoms with Crippen molar-refractivity contribution in [3.8, 4) is 28.7 Å². The lowest BCUT2D eigenvalue weighted by atomic mass is 10.1. The summed E-state index contributed by atoms with van der Waals surface area (Å²) < 4.78 is 28.4. The molecule has 5 rings (SSSR count). The van der Waals surface area contributed by atoms with E-state index in [-0.39, 0.29) is 18.7 Å². The number of benzene rings is 3. The van der Waals surface area contributed by atoms with Crippen molar-refractivity contribution in [1.29, 1.82) is 0 Å². The quantitative estimate of drug-likeness (QED) is 0.314. The summed E-state index contributed by atoms with van der Waals surface area (Å²) in [5.74, 6) is 3.65. The molecule has 0 saturated carbocycles. The lowest BCUT2D eigenvalue weighted by molar-refractivity contribution is -0.118. The molecule has 3 aromatic carbocycles. The Kier molecular flexibility index (Phi) is 8.38. The number of methoxy groups -OCH3 is 1. The second-order valence-electron chi connectivity index (χ2n) is 9.60. The number of hydrogen-bond acceptors (Lipinski definition) is 8. The predicted molar refractivity (Wildman–Crippen MR) is 152 cm³/mol. The number of anilines is 1. The molecule has 0 spiro atoms. The standard InChI is InChI=1S/C30H34N2O6S/c1-20(31(2)14-16-35-22-10-12-26-27(18-22)38-19-37-26)13-15-36-25-11-9-21(34-4)17-23(25)29-30(33)32(3)24-7-5-6-8-28(24)39-29/h5-12,17-18,20,29H,13-16,19H2,1-4H3. The van der Waals surface area contributed by atoms with Crippen LogP contribution >= 0.6 is 11.8 Å². The Morgan fingerprint density at radius 1 is 1.03 bits per heavy atom. The van der Waals surface area contributed by atoms with Crippen molar-refractivity contribution in [1.82, 2.24) is 4.90 Å². The molecule has 39 heavy (non-hydrogen) atoms. The number of nitrogens with zero attached hydrogens (tertiary/aromatic N) is 2. The minimum absolute atomic E-state index is 0.0207. The minimum atomic E-state index is -0.413. The van der Waals surface area contributed by atoms with Gasteiger partial charge in [-0.05, 0) is 62.9 Å². The molecule has 9 heteroatoms. The summed E-state index contributed by atoms with van der Waals surface area (Å²) in [4.78, 5) is 18.4. The smallest absolute Gasteiger partial charge is 0.244 e. The fourth-order valence-electron chi connectivity index (χ4n) is 4.55. The third kappa shape index (κ3) is 6.04. The van der Waals surface area contributed by atoms with Gasteiger partial charge in [-0.3, -0.25) is 4.79 Å². The van der Waals surface area contributed by atoms with Crippen LogP contribution in [-0.4, -0.2) is 64.6 Å². The van der Waals surface area contributed by atoms with Gasteiger partial charge in [0.1, 0.15) is 29.1 Å². The van der Waals surface area contributed by atoms with Crippen molar-refractivity contribution >= 4 is 23.4 Å². The van der Waals surface area contributed by atoms with E-state index in [0.29, 0.717) is 30.5 Å². The first-order chi connectivity index (χ1) is 18.9. The zero-order chi connectivity index (χ0) is 27.4. The number of hydrogen-bond donors (Lipinski definition) is 0. The summed E-state index contributed by atoms with van der Waals surface area (Å²) in [5, 5.41) is -0.413. The van der Waals surface area contributed by atoms with Gasteiger partial charge in [-0.15, -0.1) is 11.8 Å². The minimum Gasteiger partial charge on any atom is -0.497 e. The number of para-hydroxylation sites is 1. The zero-order valence-electron chi connectivity index (χ0n) is 22.7. The van der Waals surface area contributed by atoms with Crippen LogP contribution in [0.2, 0.25) is 0 Å². The summed E-state index contributed by atoms with van der Waals surface area (Å²) in [6, 6.07) is 19.5. The molecule has 8 nitrogen and oxygen atoms in total. The number of carbonyl (C=O) groups is 1. The first kappa shape index (κ1) is 27.0. The molecule has 0 saturated heterocycles. The number of amides is 1. The van der Waals surface area contributed by atoms with Crippen LogP contribution in [-0.2, 0) is 4.79 Å². The zero-order valence-corrected chi connectivity index (χ0v) is 23.5. The fourth-order valence-corrected chi connectivity index (χ4v) is 5.85. The van der Waals surface area contributed by atoms with Crippen LogP contribution in [0, 0.1) is 0 Å². The van der Waals surface area contributed by atoms with Crippen LogP contribution < -0.4 is 28.6 Å². The van der Waals surface area contributed by atoms with Gasteiger partial charge in [-0.2, -0.15) is 0 Å². The van der Waals surface area contributed by atoms with E-state index in [2.05, 4.69) is 18.9 Å². The molecular formula is C30H34N2O6S. The third-order valence-electron chi connectivity index (χ3n) is 7.13. The molecule has 2 aliphatic heterocycles. The fraction of sp³-hybridized carbons (Fsp3) is 0.367. The highest BCUT2D eigenvalue weighted by molar-refractivity contribution is 8.00. The highest BCUT2D eigenvalue weighted by Crippen LogP contribution is 2.48. The third-order valence-corrected chi connectivity index (χ3v) is 8.42. The monoisotopic (exact) mass is 550 g/mol. The van der Waals surface area contributed by atoms with Crippen molar-refractivity contribution < 1.29 is 28.5 Å². The van der Waals surface area contributed by atoms with E-state index in [1.54, 1.807) is 23.8 Å². The van der Waals surface area contributed by atoms with Crippen molar-refractivity contribution in [2.45, 2.75) is 29.5 Å². The Labute approximate surface area is 233 Å². The number of likely N-dealkylation sites (N-methyl/N-ethyl adjacent to an activating group) is 2. The first-order valence-corrected chi connectivity index (χ1v) is 13.9. The molecule has 0 N–H and O–H groups in total. The molecule has 0 fully saturated rings. The maximum absolute atomic E-state index is 13.3. The molecule has 1 amide bonds. The van der Waals surface area contributed by atoms with Gasteiger partial charge in [-0.25, -0.2) is 0 Å². The van der Waals surface area contributed by atoms with Crippen molar-refractivity contribution in [3.05, 3.63) is 66.2 Å². The van der Waals surface area contributed by atoms with E-state index in [9.17, 15) is 4.79 Å². The van der Waals surface area contributed by atoms with Gasteiger partial charge in [0.05, 0.1) is 19.4 Å². The molecule has 2 aliphatic rings. The molecule has 3 aromatic rings. The lowest BCUT2D eigenvalue weighted by Gasteiger charge is -2.32. The average molecular weight is 551 g/mol. The average Bonchev–Trinajstić information content (AvgIpc) is 3.43. The molecule has 0 aliphatic carbocycles. The summed E-state index contributed by atoms with van der Waals surface area (Å²) >= 11 is 1.55. The molecule has 0 bridgehead atoms. The van der Waals surface area contributed by atoms with Crippen LogP contribution in [0.4, 0.5) is 5.69 Å². The van der Waals surface area contributed by atoms with E-state index in [0.717, 1.165) is 40.6 Å². The summed E-state index contributed by atoms with van der Waals surface area (Å²) in [6.45, 7) is 4.26. The van der Waals surface area contributed by atoms with Gasteiger partial charge in [0.2, 0.25) is 12.7 Å². The molecular weight excluding hydrogens is 516 g/mol. The highest BCUT2D eigenvalue weighted by Gasteiger charge is 2.34. The van der Waals surface area contributed by atoms with Gasteiger partial charge >= 0.3 is 0 Å². The molecule has 2 atom stereocenters. The molecule has 206 valence electrons. The Hall–Kier alpha value is -3.56. The van der Waals surface area contributed by atoms with Gasteiger partial charge in [0.25, 0.3) is 0 Å². The topological polar surface area (TPSA) is 69.7 Å². The van der Waals surface area contributed by atoms with Gasteiger partial charge in [-0.1, -0.05) is 12.1 Å². The van der Waals surface area contributed by atoms with Crippen LogP contribution in [0.3, 0.4) is 0 Å². The Balaban J connectivity index is 1.17. The summed E-state index contributed by atoms with van der Waals surface area (Å²) in [7, 11) is 5.53. The van der Waals surface area contributed by atoms with E-state index in [4.69, 9.17) is 23.7 Å². The Morgan fingerprint density at radius 2 is 1.82 bits per heavy atom. The number of carbonyl (C=O) groups excluding carboxylic acids is 1. The molecule has 2 unspecified atom stereocenters. The van der Waals surface area contributed by atoms with E-state index in [1.807, 2.05) is 67.7 Å². The predicted octanol–water partition coefficient (Wildman–Crippen LogP) is 5.40. The van der Waals surface area contributed by atoms with Gasteiger partial charge in [0, 0.05) is 36.2 Å². The maximum atomic E-state index is 13.3. The van der Waals surface area contributed by atoms with Crippen molar-refractivity contribution in [2.24, 2.45) is 0 Å². The second kappa shape index (κ2) is 12.1. The number of ether oxygens (including phenoxy) is 5. The largest absolute Gasteiger partial charge is 0.497 e. The normalized spacial score (nSPS) is 16.7. The number of rotatable bonds is 11. The van der Waals surface area contributed by atoms with Gasteiger partial charge in [0.15, 0.2) is 11.5 Å². The Morgan fingerprint density at radius 3 is 2.67 bits per heavy atom. The highest BCUT2D eigenvalue weighted by atomic mass is 32.2. The summed E-state index contributed by atoms with van der Waals surface area (Å²) in [5.41, 5.74) is 1.75. The van der Waals surface area contributed by atoms with Crippen LogP contribution in [0.5, 0.6) is 28.7 Å². The number of fused-ring (bicyclic) bond motifs is 2. The number of thioether (sulfide) groups is 1. The molecule has 2 heterocycles. The lowest BCUT2D eigenvalue weighted by Crippen LogP contribution is -2.34. The summed E-state index contributed by atoms with van der Waals surface area (Å²) in [6.07, 6.45) is 0.820. The molecule has 0 aromatic heterocycles. The van der Waals surface area contributed by atoms with Crippen molar-refractivity contribution in [3.63, 3.8) is 0 Å². The SMILES string of the molecule is COc1ccc(OCCC(C)N(C)CCOc2ccc3c(c2)OCO3)c(C2Sc3ccccc3N(C)C2=O)c1. The molecule has 0 radical (unpaired) electrons. The van der Waals surface area contributed by atoms with E-state index < -0.39 is 5.25 Å². The second-order valence-corrected chi connectivity index (χ2v) is 10.7. The van der Waals surface area contributed by atoms with E-state index in [1.165, 1.54) is 0 Å². The van der Waals surface area contributed by atoms with Gasteiger partial charge < -0.3 is 33.5 Å². The van der Waals surface area contributed by atoms with Crippen molar-refractivity contribution in [2.75, 3.05) is 52.7 Å². The van der Waals surface area contributed by atoms with Crippen LogP contribution in [0.15, 0.2) is 65.6 Å². The Bertz CT molecular complexity index is 1320. The first-order valence-electron chi connectivity index (χ1n) is 13.0.